The van der Waals surface area contributed by atoms with Crippen LogP contribution in [0.15, 0.2) is 54.6 Å². The molecule has 31 heavy (non-hydrogen) atoms. The highest BCUT2D eigenvalue weighted by molar-refractivity contribution is 5.79. The molecular weight excluding hydrogens is 390 g/mol. The number of piperidine rings is 2. The van der Waals surface area contributed by atoms with Gasteiger partial charge in [-0.25, -0.2) is 0 Å². The fourth-order valence-electron chi connectivity index (χ4n) is 4.99. The number of nitrogens with zero attached hydrogens (tertiary/aromatic N) is 3. The van der Waals surface area contributed by atoms with Crippen molar-refractivity contribution in [1.82, 2.24) is 9.80 Å². The van der Waals surface area contributed by atoms with E-state index in [-0.39, 0.29) is 16.5 Å². The van der Waals surface area contributed by atoms with Gasteiger partial charge in [0.25, 0.3) is 5.69 Å². The number of hydrogen-bond donors (Lipinski definition) is 0. The highest BCUT2D eigenvalue weighted by Gasteiger charge is 2.31. The molecule has 1 atom stereocenters. The van der Waals surface area contributed by atoms with E-state index >= 15 is 0 Å². The summed E-state index contributed by atoms with van der Waals surface area (Å²) in [5.41, 5.74) is 2.45. The molecule has 1 amide bonds. The summed E-state index contributed by atoms with van der Waals surface area (Å²) in [4.78, 5) is 28.2. The van der Waals surface area contributed by atoms with Crippen LogP contribution < -0.4 is 0 Å². The molecule has 0 spiro atoms. The summed E-state index contributed by atoms with van der Waals surface area (Å²) in [5.74, 6) is 0.989. The monoisotopic (exact) mass is 421 g/mol. The lowest BCUT2D eigenvalue weighted by molar-refractivity contribution is -0.384. The molecule has 6 heteroatoms. The van der Waals surface area contributed by atoms with E-state index in [9.17, 15) is 14.9 Å². The molecule has 2 fully saturated rings. The number of carbonyl (C=O) groups is 1. The average Bonchev–Trinajstić information content (AvgIpc) is 2.80. The van der Waals surface area contributed by atoms with E-state index in [1.54, 1.807) is 12.1 Å². The first-order valence-electron chi connectivity index (χ1n) is 11.4. The van der Waals surface area contributed by atoms with Gasteiger partial charge in [0.2, 0.25) is 5.91 Å². The molecular formula is C25H31N3O3. The van der Waals surface area contributed by atoms with Crippen LogP contribution in [0.25, 0.3) is 0 Å². The molecule has 0 bridgehead atoms. The number of non-ortho nitro benzene ring substituents is 1. The summed E-state index contributed by atoms with van der Waals surface area (Å²) < 4.78 is 0. The molecule has 0 aromatic heterocycles. The van der Waals surface area contributed by atoms with Gasteiger partial charge in [0.15, 0.2) is 0 Å². The molecule has 2 aromatic carbocycles. The van der Waals surface area contributed by atoms with E-state index in [2.05, 4.69) is 40.1 Å². The van der Waals surface area contributed by atoms with Crippen molar-refractivity contribution < 1.29 is 9.72 Å². The Kier molecular flexibility index (Phi) is 6.97. The van der Waals surface area contributed by atoms with E-state index in [1.165, 1.54) is 11.6 Å². The molecule has 6 nitrogen and oxygen atoms in total. The Hall–Kier alpha value is -2.73. The van der Waals surface area contributed by atoms with E-state index < -0.39 is 0 Å². The second-order valence-electron chi connectivity index (χ2n) is 8.96. The first kappa shape index (κ1) is 21.5. The molecule has 0 aliphatic carbocycles. The van der Waals surface area contributed by atoms with Crippen molar-refractivity contribution in [2.75, 3.05) is 26.2 Å². The van der Waals surface area contributed by atoms with Gasteiger partial charge in [0, 0.05) is 38.3 Å². The molecule has 0 saturated carbocycles. The van der Waals surface area contributed by atoms with Crippen LogP contribution in [0.5, 0.6) is 0 Å². The number of likely N-dealkylation sites (tertiary alicyclic amines) is 2. The van der Waals surface area contributed by atoms with Crippen LogP contribution >= 0.6 is 0 Å². The maximum absolute atomic E-state index is 13.2. The maximum atomic E-state index is 13.2. The lowest BCUT2D eigenvalue weighted by Crippen LogP contribution is -2.47. The lowest BCUT2D eigenvalue weighted by Gasteiger charge is -2.38. The molecule has 2 aliphatic rings. The Morgan fingerprint density at radius 2 is 1.71 bits per heavy atom. The zero-order valence-electron chi connectivity index (χ0n) is 18.0. The van der Waals surface area contributed by atoms with Crippen molar-refractivity contribution in [3.8, 4) is 0 Å². The summed E-state index contributed by atoms with van der Waals surface area (Å²) in [6.07, 6.45) is 5.18. The molecule has 2 aromatic rings. The van der Waals surface area contributed by atoms with Crippen LogP contribution in [-0.2, 0) is 17.8 Å². The Morgan fingerprint density at radius 3 is 2.45 bits per heavy atom. The van der Waals surface area contributed by atoms with Crippen molar-refractivity contribution in [3.05, 3.63) is 75.8 Å². The van der Waals surface area contributed by atoms with Gasteiger partial charge >= 0.3 is 0 Å². The van der Waals surface area contributed by atoms with Crippen LogP contribution in [0.2, 0.25) is 0 Å². The van der Waals surface area contributed by atoms with Crippen LogP contribution in [0.4, 0.5) is 5.69 Å². The zero-order valence-corrected chi connectivity index (χ0v) is 18.0. The Morgan fingerprint density at radius 1 is 0.968 bits per heavy atom. The van der Waals surface area contributed by atoms with Crippen molar-refractivity contribution in [1.29, 1.82) is 0 Å². The van der Waals surface area contributed by atoms with E-state index in [0.29, 0.717) is 18.4 Å². The van der Waals surface area contributed by atoms with Gasteiger partial charge in [-0.3, -0.25) is 19.8 Å². The molecule has 2 heterocycles. The van der Waals surface area contributed by atoms with Gasteiger partial charge in [-0.2, -0.15) is 0 Å². The van der Waals surface area contributed by atoms with Crippen LogP contribution in [-0.4, -0.2) is 46.8 Å². The van der Waals surface area contributed by atoms with E-state index in [4.69, 9.17) is 0 Å². The minimum Gasteiger partial charge on any atom is -0.342 e. The number of rotatable bonds is 6. The fourth-order valence-corrected chi connectivity index (χ4v) is 4.99. The first-order chi connectivity index (χ1) is 15.1. The van der Waals surface area contributed by atoms with Gasteiger partial charge in [-0.05, 0) is 55.7 Å². The maximum Gasteiger partial charge on any atom is 0.269 e. The molecule has 2 saturated heterocycles. The Balaban J connectivity index is 1.28. The third-order valence-electron chi connectivity index (χ3n) is 6.68. The molecule has 164 valence electrons. The fraction of sp³-hybridized carbons (Fsp3) is 0.480. The van der Waals surface area contributed by atoms with Gasteiger partial charge < -0.3 is 4.90 Å². The molecule has 0 N–H and O–H groups in total. The third-order valence-corrected chi connectivity index (χ3v) is 6.68. The summed E-state index contributed by atoms with van der Waals surface area (Å²) in [7, 11) is 0. The highest BCUT2D eigenvalue weighted by Crippen LogP contribution is 2.26. The standard InChI is InChI=1S/C25H31N3O3/c29-25(27-14-11-21(12-15-27)16-20-6-2-1-3-7-20)23-9-5-13-26(19-23)18-22-8-4-10-24(17-22)28(30)31/h1-4,6-8,10,17,21,23H,5,9,11-16,18-19H2. The predicted octanol–water partition coefficient (Wildman–Crippen LogP) is 4.29. The largest absolute Gasteiger partial charge is 0.342 e. The van der Waals surface area contributed by atoms with Crippen LogP contribution in [0.3, 0.4) is 0 Å². The van der Waals surface area contributed by atoms with Gasteiger partial charge in [0.05, 0.1) is 10.8 Å². The minimum absolute atomic E-state index is 0.0399. The first-order valence-corrected chi connectivity index (χ1v) is 11.4. The van der Waals surface area contributed by atoms with Gasteiger partial charge in [-0.15, -0.1) is 0 Å². The number of nitro benzene ring substituents is 1. The number of amides is 1. The zero-order chi connectivity index (χ0) is 21.6. The third kappa shape index (κ3) is 5.70. The van der Waals surface area contributed by atoms with E-state index in [1.807, 2.05) is 6.07 Å². The predicted molar refractivity (Wildman–Crippen MR) is 121 cm³/mol. The summed E-state index contributed by atoms with van der Waals surface area (Å²) in [6, 6.07) is 17.4. The van der Waals surface area contributed by atoms with Gasteiger partial charge in [-0.1, -0.05) is 42.5 Å². The summed E-state index contributed by atoms with van der Waals surface area (Å²) >= 11 is 0. The molecule has 4 rings (SSSR count). The average molecular weight is 422 g/mol. The second-order valence-corrected chi connectivity index (χ2v) is 8.96. The SMILES string of the molecule is O=C(C1CCCN(Cc2cccc([N+](=O)[O-])c2)C1)N1CCC(Cc2ccccc2)CC1. The van der Waals surface area contributed by atoms with Crippen LogP contribution in [0, 0.1) is 22.0 Å². The van der Waals surface area contributed by atoms with E-state index in [0.717, 1.165) is 63.8 Å². The number of benzene rings is 2. The topological polar surface area (TPSA) is 66.7 Å². The van der Waals surface area contributed by atoms with Crippen molar-refractivity contribution in [2.24, 2.45) is 11.8 Å². The quantitative estimate of drug-likeness (QED) is 0.516. The molecule has 0 radical (unpaired) electrons. The van der Waals surface area contributed by atoms with Crippen molar-refractivity contribution in [3.63, 3.8) is 0 Å². The normalized spacial score (nSPS) is 20.5. The Bertz CT molecular complexity index is 894. The van der Waals surface area contributed by atoms with Crippen molar-refractivity contribution in [2.45, 2.75) is 38.6 Å². The lowest BCUT2D eigenvalue weighted by atomic mass is 9.89. The van der Waals surface area contributed by atoms with Crippen LogP contribution in [0.1, 0.15) is 36.8 Å². The molecule has 2 aliphatic heterocycles. The smallest absolute Gasteiger partial charge is 0.269 e. The van der Waals surface area contributed by atoms with Gasteiger partial charge in [0.1, 0.15) is 0 Å². The molecule has 1 unspecified atom stereocenters. The number of nitro groups is 1. The number of carbonyl (C=O) groups excluding carboxylic acids is 1. The Labute approximate surface area is 184 Å². The summed E-state index contributed by atoms with van der Waals surface area (Å²) in [5, 5.41) is 11.0. The number of hydrogen-bond acceptors (Lipinski definition) is 4. The second kappa shape index (κ2) is 10.1. The highest BCUT2D eigenvalue weighted by atomic mass is 16.6. The minimum atomic E-state index is -0.354. The van der Waals surface area contributed by atoms with Crippen molar-refractivity contribution >= 4 is 11.6 Å². The summed E-state index contributed by atoms with van der Waals surface area (Å²) in [6.45, 7) is 4.05.